The minimum Gasteiger partial charge on any atom is -0.0648 e. The predicted molar refractivity (Wildman–Crippen MR) is 43.9 cm³/mol. The van der Waals surface area contributed by atoms with Gasteiger partial charge in [0, 0.05) is 0 Å². The summed E-state index contributed by atoms with van der Waals surface area (Å²) in [6.07, 6.45) is 9.05. The summed E-state index contributed by atoms with van der Waals surface area (Å²) < 4.78 is 0. The molecule has 0 radical (unpaired) electrons. The molecule has 2 rings (SSSR count). The fourth-order valence-corrected chi connectivity index (χ4v) is 3.43. The molecule has 0 aromatic carbocycles. The van der Waals surface area contributed by atoms with Crippen molar-refractivity contribution in [3.63, 3.8) is 0 Å². The van der Waals surface area contributed by atoms with Gasteiger partial charge in [0.15, 0.2) is 0 Å². The summed E-state index contributed by atoms with van der Waals surface area (Å²) in [6, 6.07) is 0. The Bertz CT molecular complexity index is 134. The molecule has 0 heterocycles. The first-order valence-electron chi connectivity index (χ1n) is 4.79. The smallest absolute Gasteiger partial charge is 0.0238 e. The highest BCUT2D eigenvalue weighted by molar-refractivity contribution is 5.16. The van der Waals surface area contributed by atoms with Crippen molar-refractivity contribution >= 4 is 0 Å². The van der Waals surface area contributed by atoms with E-state index in [9.17, 15) is 0 Å². The van der Waals surface area contributed by atoms with Gasteiger partial charge in [0.05, 0.1) is 0 Å². The van der Waals surface area contributed by atoms with Gasteiger partial charge >= 0.3 is 0 Å². The zero-order valence-corrected chi connectivity index (χ0v) is 7.24. The van der Waals surface area contributed by atoms with Gasteiger partial charge in [-0.15, -0.1) is 0 Å². The number of hydrogen-bond acceptors (Lipinski definition) is 0. The molecular weight excluding hydrogens is 120 g/mol. The van der Waals surface area contributed by atoms with Crippen LogP contribution in [-0.2, 0) is 0 Å². The van der Waals surface area contributed by atoms with E-state index in [-0.39, 0.29) is 0 Å². The first-order chi connectivity index (χ1) is 4.79. The van der Waals surface area contributed by atoms with Crippen LogP contribution >= 0.6 is 0 Å². The van der Waals surface area contributed by atoms with Gasteiger partial charge in [0.2, 0.25) is 0 Å². The summed E-state index contributed by atoms with van der Waals surface area (Å²) >= 11 is 0. The molecule has 0 aliphatic heterocycles. The standard InChI is InChI=1S/C10H18/c1-3-9-6-5-7-10(9,4-2)8-9/h3-8H2,1-2H3. The largest absolute Gasteiger partial charge is 0.0648 e. The molecule has 0 aromatic heterocycles. The van der Waals surface area contributed by atoms with E-state index in [1.807, 2.05) is 0 Å². The Kier molecular flexibility index (Phi) is 1.19. The Morgan fingerprint density at radius 1 is 1.00 bits per heavy atom. The first kappa shape index (κ1) is 6.69. The van der Waals surface area contributed by atoms with Crippen LogP contribution in [0.5, 0.6) is 0 Å². The lowest BCUT2D eigenvalue weighted by Gasteiger charge is -2.13. The lowest BCUT2D eigenvalue weighted by molar-refractivity contribution is 0.367. The van der Waals surface area contributed by atoms with Crippen molar-refractivity contribution in [2.75, 3.05) is 0 Å². The second kappa shape index (κ2) is 1.78. The van der Waals surface area contributed by atoms with Crippen molar-refractivity contribution < 1.29 is 0 Å². The van der Waals surface area contributed by atoms with Crippen LogP contribution in [0.15, 0.2) is 0 Å². The summed E-state index contributed by atoms with van der Waals surface area (Å²) in [7, 11) is 0. The summed E-state index contributed by atoms with van der Waals surface area (Å²) in [5.74, 6) is 0. The minimum absolute atomic E-state index is 0.849. The van der Waals surface area contributed by atoms with Gasteiger partial charge < -0.3 is 0 Å². The molecule has 2 atom stereocenters. The highest BCUT2D eigenvalue weighted by atomic mass is 14.7. The molecule has 0 bridgehead atoms. The SMILES string of the molecule is CCC12CCCC1(CC)C2. The summed E-state index contributed by atoms with van der Waals surface area (Å²) in [5.41, 5.74) is 1.70. The number of hydrogen-bond donors (Lipinski definition) is 0. The van der Waals surface area contributed by atoms with Crippen molar-refractivity contribution in [1.82, 2.24) is 0 Å². The Hall–Kier alpha value is 0. The summed E-state index contributed by atoms with van der Waals surface area (Å²) in [5, 5.41) is 0. The van der Waals surface area contributed by atoms with Crippen LogP contribution in [-0.4, -0.2) is 0 Å². The third kappa shape index (κ3) is 0.538. The zero-order chi connectivity index (χ0) is 7.24. The van der Waals surface area contributed by atoms with Crippen LogP contribution in [0.2, 0.25) is 0 Å². The molecule has 0 amide bonds. The van der Waals surface area contributed by atoms with E-state index < -0.39 is 0 Å². The molecule has 0 nitrogen and oxygen atoms in total. The Balaban J connectivity index is 2.15. The molecule has 0 heteroatoms. The average Bonchev–Trinajstić information content (AvgIpc) is 2.51. The molecule has 10 heavy (non-hydrogen) atoms. The van der Waals surface area contributed by atoms with Gasteiger partial charge in [0.25, 0.3) is 0 Å². The van der Waals surface area contributed by atoms with E-state index in [4.69, 9.17) is 0 Å². The predicted octanol–water partition coefficient (Wildman–Crippen LogP) is 3.37. The highest BCUT2D eigenvalue weighted by Crippen LogP contribution is 2.76. The van der Waals surface area contributed by atoms with Gasteiger partial charge in [-0.3, -0.25) is 0 Å². The van der Waals surface area contributed by atoms with Crippen molar-refractivity contribution in [2.24, 2.45) is 10.8 Å². The van der Waals surface area contributed by atoms with Gasteiger partial charge in [-0.05, 0) is 42.9 Å². The van der Waals surface area contributed by atoms with Crippen LogP contribution in [0.3, 0.4) is 0 Å². The van der Waals surface area contributed by atoms with E-state index in [2.05, 4.69) is 13.8 Å². The maximum absolute atomic E-state index is 2.38. The van der Waals surface area contributed by atoms with Crippen molar-refractivity contribution in [3.8, 4) is 0 Å². The number of fused-ring (bicyclic) bond motifs is 1. The van der Waals surface area contributed by atoms with Gasteiger partial charge in [-0.1, -0.05) is 20.3 Å². The first-order valence-corrected chi connectivity index (χ1v) is 4.79. The quantitative estimate of drug-likeness (QED) is 0.549. The Morgan fingerprint density at radius 2 is 1.50 bits per heavy atom. The van der Waals surface area contributed by atoms with E-state index >= 15 is 0 Å². The fraction of sp³-hybridized carbons (Fsp3) is 1.00. The normalized spacial score (nSPS) is 51.0. The summed E-state index contributed by atoms with van der Waals surface area (Å²) in [6.45, 7) is 4.76. The van der Waals surface area contributed by atoms with Crippen LogP contribution in [0.4, 0.5) is 0 Å². The maximum atomic E-state index is 2.38. The lowest BCUT2D eigenvalue weighted by atomic mass is 9.92. The third-order valence-electron chi connectivity index (χ3n) is 4.34. The molecule has 0 aromatic rings. The van der Waals surface area contributed by atoms with Crippen LogP contribution < -0.4 is 0 Å². The monoisotopic (exact) mass is 138 g/mol. The van der Waals surface area contributed by atoms with Crippen molar-refractivity contribution in [3.05, 3.63) is 0 Å². The molecular formula is C10H18. The molecule has 58 valence electrons. The molecule has 2 aliphatic rings. The second-order valence-electron chi connectivity index (χ2n) is 4.30. The molecule has 2 fully saturated rings. The fourth-order valence-electron chi connectivity index (χ4n) is 3.43. The molecule has 0 spiro atoms. The average molecular weight is 138 g/mol. The van der Waals surface area contributed by atoms with Crippen molar-refractivity contribution in [1.29, 1.82) is 0 Å². The number of rotatable bonds is 2. The van der Waals surface area contributed by atoms with Crippen LogP contribution in [0.25, 0.3) is 0 Å². The second-order valence-corrected chi connectivity index (χ2v) is 4.30. The maximum Gasteiger partial charge on any atom is -0.0238 e. The van der Waals surface area contributed by atoms with Gasteiger partial charge in [-0.25, -0.2) is 0 Å². The minimum atomic E-state index is 0.849. The topological polar surface area (TPSA) is 0 Å². The lowest BCUT2D eigenvalue weighted by Crippen LogP contribution is -2.04. The van der Waals surface area contributed by atoms with Gasteiger partial charge in [-0.2, -0.15) is 0 Å². The van der Waals surface area contributed by atoms with Crippen molar-refractivity contribution in [2.45, 2.75) is 52.4 Å². The van der Waals surface area contributed by atoms with E-state index in [0.29, 0.717) is 0 Å². The molecule has 2 aliphatic carbocycles. The van der Waals surface area contributed by atoms with E-state index in [0.717, 1.165) is 10.8 Å². The van der Waals surface area contributed by atoms with Crippen LogP contribution in [0, 0.1) is 10.8 Å². The highest BCUT2D eigenvalue weighted by Gasteiger charge is 2.66. The van der Waals surface area contributed by atoms with E-state index in [1.165, 1.54) is 32.1 Å². The van der Waals surface area contributed by atoms with Crippen LogP contribution in [0.1, 0.15) is 52.4 Å². The summed E-state index contributed by atoms with van der Waals surface area (Å²) in [4.78, 5) is 0. The Morgan fingerprint density at radius 3 is 1.80 bits per heavy atom. The Labute approximate surface area is 64.0 Å². The zero-order valence-electron chi connectivity index (χ0n) is 7.24. The van der Waals surface area contributed by atoms with Gasteiger partial charge in [0.1, 0.15) is 0 Å². The molecule has 0 N–H and O–H groups in total. The molecule has 2 saturated carbocycles. The van der Waals surface area contributed by atoms with E-state index in [1.54, 1.807) is 6.42 Å². The molecule has 2 unspecified atom stereocenters. The molecule has 0 saturated heterocycles. The third-order valence-corrected chi connectivity index (χ3v) is 4.34.